The van der Waals surface area contributed by atoms with E-state index < -0.39 is 0 Å². The van der Waals surface area contributed by atoms with Crippen molar-refractivity contribution >= 4 is 22.6 Å². The van der Waals surface area contributed by atoms with Crippen molar-refractivity contribution in [3.8, 4) is 5.88 Å². The number of unbranched alkanes of at least 4 members (excludes halogenated alkanes) is 1. The van der Waals surface area contributed by atoms with Crippen molar-refractivity contribution in [2.24, 2.45) is 0 Å². The van der Waals surface area contributed by atoms with Crippen molar-refractivity contribution in [3.05, 3.63) is 15.8 Å². The third kappa shape index (κ3) is 3.34. The standard InChI is InChI=1S/C8H11IN2O/c1-2-3-6-12-8-5-4-7(9)10-11-8/h4-5H,2-3,6H2,1H3. The molecule has 0 aliphatic rings. The molecule has 1 rings (SSSR count). The number of hydrogen-bond donors (Lipinski definition) is 0. The molecule has 0 atom stereocenters. The van der Waals surface area contributed by atoms with E-state index in [1.807, 2.05) is 12.1 Å². The highest BCUT2D eigenvalue weighted by atomic mass is 127. The zero-order valence-electron chi connectivity index (χ0n) is 6.96. The molecule has 0 radical (unpaired) electrons. The second kappa shape index (κ2) is 5.29. The fourth-order valence-electron chi connectivity index (χ4n) is 0.702. The Morgan fingerprint density at radius 2 is 2.25 bits per heavy atom. The summed E-state index contributed by atoms with van der Waals surface area (Å²) in [4.78, 5) is 0. The summed E-state index contributed by atoms with van der Waals surface area (Å²) in [6.07, 6.45) is 2.20. The molecule has 1 heterocycles. The number of ether oxygens (including phenoxy) is 1. The van der Waals surface area contributed by atoms with Crippen LogP contribution in [0.4, 0.5) is 0 Å². The molecule has 0 unspecified atom stereocenters. The van der Waals surface area contributed by atoms with E-state index in [2.05, 4.69) is 39.7 Å². The molecule has 0 aliphatic carbocycles. The quantitative estimate of drug-likeness (QED) is 0.626. The molecule has 0 bridgehead atoms. The van der Waals surface area contributed by atoms with Gasteiger partial charge in [-0.2, -0.15) is 0 Å². The second-order valence-corrected chi connectivity index (χ2v) is 3.50. The number of rotatable bonds is 4. The van der Waals surface area contributed by atoms with Crippen molar-refractivity contribution in [2.75, 3.05) is 6.61 Å². The van der Waals surface area contributed by atoms with Gasteiger partial charge in [-0.25, -0.2) is 0 Å². The first-order valence-corrected chi connectivity index (χ1v) is 5.03. The Labute approximate surface area is 85.7 Å². The molecule has 0 aromatic carbocycles. The van der Waals surface area contributed by atoms with Gasteiger partial charge in [-0.05, 0) is 35.1 Å². The van der Waals surface area contributed by atoms with Gasteiger partial charge in [0.25, 0.3) is 0 Å². The van der Waals surface area contributed by atoms with Gasteiger partial charge in [-0.3, -0.25) is 0 Å². The first-order chi connectivity index (χ1) is 5.83. The fraction of sp³-hybridized carbons (Fsp3) is 0.500. The summed E-state index contributed by atoms with van der Waals surface area (Å²) in [5.41, 5.74) is 0. The van der Waals surface area contributed by atoms with Crippen molar-refractivity contribution in [1.82, 2.24) is 10.2 Å². The second-order valence-electron chi connectivity index (χ2n) is 2.40. The molecule has 12 heavy (non-hydrogen) atoms. The summed E-state index contributed by atoms with van der Waals surface area (Å²) in [6.45, 7) is 2.86. The van der Waals surface area contributed by atoms with Gasteiger partial charge in [0.1, 0.15) is 3.70 Å². The SMILES string of the molecule is CCCCOc1ccc(I)nn1. The molecule has 0 saturated heterocycles. The topological polar surface area (TPSA) is 35.0 Å². The lowest BCUT2D eigenvalue weighted by Gasteiger charge is -2.01. The Hall–Kier alpha value is -0.390. The average molecular weight is 278 g/mol. The molecule has 0 fully saturated rings. The Morgan fingerprint density at radius 1 is 1.42 bits per heavy atom. The van der Waals surface area contributed by atoms with Gasteiger partial charge in [0, 0.05) is 6.07 Å². The van der Waals surface area contributed by atoms with Gasteiger partial charge < -0.3 is 4.74 Å². The average Bonchev–Trinajstić information content (AvgIpc) is 2.09. The van der Waals surface area contributed by atoms with Crippen molar-refractivity contribution in [1.29, 1.82) is 0 Å². The van der Waals surface area contributed by atoms with Crippen LogP contribution >= 0.6 is 22.6 Å². The smallest absolute Gasteiger partial charge is 0.233 e. The van der Waals surface area contributed by atoms with Gasteiger partial charge in [-0.1, -0.05) is 13.3 Å². The molecule has 4 heteroatoms. The predicted octanol–water partition coefficient (Wildman–Crippen LogP) is 2.26. The van der Waals surface area contributed by atoms with Crippen LogP contribution in [0.15, 0.2) is 12.1 Å². The van der Waals surface area contributed by atoms with E-state index in [1.54, 1.807) is 0 Å². The minimum absolute atomic E-state index is 0.615. The van der Waals surface area contributed by atoms with Crippen LogP contribution in [0.25, 0.3) is 0 Å². The fourth-order valence-corrected chi connectivity index (χ4v) is 0.989. The molecule has 0 N–H and O–H groups in total. The number of aromatic nitrogens is 2. The summed E-state index contributed by atoms with van der Waals surface area (Å²) in [5.74, 6) is 0.615. The van der Waals surface area contributed by atoms with Crippen LogP contribution < -0.4 is 4.74 Å². The third-order valence-electron chi connectivity index (χ3n) is 1.36. The third-order valence-corrected chi connectivity index (χ3v) is 1.93. The first kappa shape index (κ1) is 9.70. The molecule has 0 aliphatic heterocycles. The zero-order valence-corrected chi connectivity index (χ0v) is 9.11. The monoisotopic (exact) mass is 278 g/mol. The lowest BCUT2D eigenvalue weighted by molar-refractivity contribution is 0.294. The molecule has 0 amide bonds. The largest absolute Gasteiger partial charge is 0.477 e. The van der Waals surface area contributed by atoms with Crippen LogP contribution in [-0.2, 0) is 0 Å². The Morgan fingerprint density at radius 3 is 2.83 bits per heavy atom. The van der Waals surface area contributed by atoms with Crippen LogP contribution in [0.1, 0.15) is 19.8 Å². The molecular formula is C8H11IN2O. The summed E-state index contributed by atoms with van der Waals surface area (Å²) in [7, 11) is 0. The number of halogens is 1. The summed E-state index contributed by atoms with van der Waals surface area (Å²) < 4.78 is 6.21. The minimum atomic E-state index is 0.615. The Kier molecular flexibility index (Phi) is 4.27. The Balaban J connectivity index is 2.37. The summed E-state index contributed by atoms with van der Waals surface area (Å²) in [6, 6.07) is 3.72. The Bertz CT molecular complexity index is 225. The van der Waals surface area contributed by atoms with Crippen LogP contribution in [0, 0.1) is 3.70 Å². The van der Waals surface area contributed by atoms with E-state index >= 15 is 0 Å². The van der Waals surface area contributed by atoms with E-state index in [4.69, 9.17) is 4.74 Å². The lowest BCUT2D eigenvalue weighted by atomic mass is 10.4. The van der Waals surface area contributed by atoms with Gasteiger partial charge in [-0.15, -0.1) is 10.2 Å². The number of nitrogens with zero attached hydrogens (tertiary/aromatic N) is 2. The molecule has 0 saturated carbocycles. The van der Waals surface area contributed by atoms with Gasteiger partial charge in [0.05, 0.1) is 6.61 Å². The maximum absolute atomic E-state index is 5.32. The molecule has 0 spiro atoms. The van der Waals surface area contributed by atoms with Gasteiger partial charge in [0.15, 0.2) is 0 Å². The normalized spacial score (nSPS) is 9.83. The predicted molar refractivity (Wildman–Crippen MR) is 55.2 cm³/mol. The minimum Gasteiger partial charge on any atom is -0.477 e. The van der Waals surface area contributed by atoms with Crippen LogP contribution in [0.5, 0.6) is 5.88 Å². The molecule has 1 aromatic heterocycles. The van der Waals surface area contributed by atoms with Gasteiger partial charge >= 0.3 is 0 Å². The number of hydrogen-bond acceptors (Lipinski definition) is 3. The van der Waals surface area contributed by atoms with Crippen molar-refractivity contribution in [3.63, 3.8) is 0 Å². The maximum atomic E-state index is 5.32. The lowest BCUT2D eigenvalue weighted by Crippen LogP contribution is -1.99. The van der Waals surface area contributed by atoms with E-state index in [9.17, 15) is 0 Å². The molecule has 66 valence electrons. The van der Waals surface area contributed by atoms with E-state index in [0.29, 0.717) is 5.88 Å². The van der Waals surface area contributed by atoms with Crippen molar-refractivity contribution in [2.45, 2.75) is 19.8 Å². The van der Waals surface area contributed by atoms with E-state index in [-0.39, 0.29) is 0 Å². The maximum Gasteiger partial charge on any atom is 0.233 e. The molecule has 3 nitrogen and oxygen atoms in total. The first-order valence-electron chi connectivity index (χ1n) is 3.95. The highest BCUT2D eigenvalue weighted by Gasteiger charge is 1.94. The van der Waals surface area contributed by atoms with Gasteiger partial charge in [0.2, 0.25) is 5.88 Å². The van der Waals surface area contributed by atoms with Crippen LogP contribution in [-0.4, -0.2) is 16.8 Å². The summed E-state index contributed by atoms with van der Waals surface area (Å²) >= 11 is 2.11. The van der Waals surface area contributed by atoms with Crippen LogP contribution in [0.2, 0.25) is 0 Å². The molecular weight excluding hydrogens is 267 g/mol. The van der Waals surface area contributed by atoms with Crippen molar-refractivity contribution < 1.29 is 4.74 Å². The summed E-state index contributed by atoms with van der Waals surface area (Å²) in [5, 5.41) is 7.74. The van der Waals surface area contributed by atoms with E-state index in [1.165, 1.54) is 0 Å². The van der Waals surface area contributed by atoms with Crippen LogP contribution in [0.3, 0.4) is 0 Å². The highest BCUT2D eigenvalue weighted by Crippen LogP contribution is 2.06. The zero-order chi connectivity index (χ0) is 8.81. The molecule has 1 aromatic rings. The van der Waals surface area contributed by atoms with E-state index in [0.717, 1.165) is 23.1 Å². The highest BCUT2D eigenvalue weighted by molar-refractivity contribution is 14.1.